The highest BCUT2D eigenvalue weighted by Gasteiger charge is 2.42. The number of unbranched alkanes of at least 4 members (excludes halogenated alkanes) is 1. The van der Waals surface area contributed by atoms with Crippen molar-refractivity contribution in [2.45, 2.75) is 71.8 Å². The maximum absolute atomic E-state index is 12.9. The molecule has 1 N–H and O–H groups in total. The van der Waals surface area contributed by atoms with Gasteiger partial charge in [-0.05, 0) is 68.7 Å². The summed E-state index contributed by atoms with van der Waals surface area (Å²) in [4.78, 5) is 12.9. The van der Waals surface area contributed by atoms with Crippen LogP contribution in [0.15, 0.2) is 12.1 Å². The second-order valence-electron chi connectivity index (χ2n) is 7.50. The summed E-state index contributed by atoms with van der Waals surface area (Å²) in [6, 6.07) is 3.98. The summed E-state index contributed by atoms with van der Waals surface area (Å²) in [6.45, 7) is 9.13. The number of aryl methyl sites for hydroxylation is 2. The summed E-state index contributed by atoms with van der Waals surface area (Å²) < 4.78 is 11.6. The highest BCUT2D eigenvalue weighted by Crippen LogP contribution is 2.36. The molecule has 1 aromatic carbocycles. The van der Waals surface area contributed by atoms with Crippen molar-refractivity contribution in [1.29, 1.82) is 0 Å². The van der Waals surface area contributed by atoms with E-state index in [1.807, 2.05) is 26.0 Å². The van der Waals surface area contributed by atoms with Crippen LogP contribution in [0.3, 0.4) is 0 Å². The number of carbonyl (C=O) groups is 1. The van der Waals surface area contributed by atoms with E-state index >= 15 is 0 Å². The normalized spacial score (nSPS) is 23.3. The van der Waals surface area contributed by atoms with Gasteiger partial charge in [-0.3, -0.25) is 4.79 Å². The lowest BCUT2D eigenvalue weighted by atomic mass is 9.78. The third-order valence-corrected chi connectivity index (χ3v) is 5.22. The Kier molecular flexibility index (Phi) is 6.88. The van der Waals surface area contributed by atoms with Crippen molar-refractivity contribution in [2.24, 2.45) is 5.92 Å². The third-order valence-electron chi connectivity index (χ3n) is 5.22. The van der Waals surface area contributed by atoms with Crippen LogP contribution in [0.5, 0.6) is 5.75 Å². The Balaban J connectivity index is 2.12. The van der Waals surface area contributed by atoms with E-state index in [9.17, 15) is 4.79 Å². The Morgan fingerprint density at radius 3 is 2.56 bits per heavy atom. The Morgan fingerprint density at radius 1 is 1.32 bits per heavy atom. The minimum absolute atomic E-state index is 0.0278. The molecule has 25 heavy (non-hydrogen) atoms. The fourth-order valence-corrected chi connectivity index (χ4v) is 3.80. The molecule has 1 aliphatic rings. The molecule has 1 fully saturated rings. The fraction of sp³-hybridized carbons (Fsp3) is 0.667. The summed E-state index contributed by atoms with van der Waals surface area (Å²) in [5.41, 5.74) is 2.22. The lowest BCUT2D eigenvalue weighted by molar-refractivity contribution is -0.143. The van der Waals surface area contributed by atoms with Crippen LogP contribution >= 0.6 is 0 Å². The first-order valence-corrected chi connectivity index (χ1v) is 9.52. The lowest BCUT2D eigenvalue weighted by Crippen LogP contribution is -2.47. The molecule has 4 heteroatoms. The number of ether oxygens (including phenoxy) is 2. The van der Waals surface area contributed by atoms with Crippen molar-refractivity contribution >= 4 is 11.6 Å². The van der Waals surface area contributed by atoms with Crippen molar-refractivity contribution in [3.63, 3.8) is 0 Å². The molecule has 0 unspecified atom stereocenters. The van der Waals surface area contributed by atoms with E-state index in [4.69, 9.17) is 9.47 Å². The molecule has 0 aromatic heterocycles. The van der Waals surface area contributed by atoms with Gasteiger partial charge in [-0.1, -0.05) is 26.7 Å². The minimum Gasteiger partial charge on any atom is -0.493 e. The number of carbonyl (C=O) groups excluding carboxylic acids is 1. The van der Waals surface area contributed by atoms with Gasteiger partial charge in [0.25, 0.3) is 5.91 Å². The Morgan fingerprint density at radius 2 is 2.00 bits per heavy atom. The van der Waals surface area contributed by atoms with Crippen molar-refractivity contribution in [2.75, 3.05) is 19.0 Å². The van der Waals surface area contributed by atoms with Gasteiger partial charge in [0.1, 0.15) is 11.4 Å². The highest BCUT2D eigenvalue weighted by atomic mass is 16.5. The summed E-state index contributed by atoms with van der Waals surface area (Å²) in [5.74, 6) is 1.41. The minimum atomic E-state index is -0.699. The van der Waals surface area contributed by atoms with Crippen LogP contribution in [0.2, 0.25) is 0 Å². The maximum atomic E-state index is 12.9. The van der Waals surface area contributed by atoms with Crippen LogP contribution in [0.1, 0.15) is 63.5 Å². The molecule has 0 spiro atoms. The molecule has 2 rings (SSSR count). The molecule has 1 saturated carbocycles. The van der Waals surface area contributed by atoms with Crippen molar-refractivity contribution in [1.82, 2.24) is 0 Å². The Bertz CT molecular complexity index is 576. The molecule has 0 aliphatic heterocycles. The molecule has 2 atom stereocenters. The number of hydrogen-bond donors (Lipinski definition) is 1. The van der Waals surface area contributed by atoms with Gasteiger partial charge >= 0.3 is 0 Å². The predicted molar refractivity (Wildman–Crippen MR) is 102 cm³/mol. The number of hydrogen-bond acceptors (Lipinski definition) is 3. The second kappa shape index (κ2) is 8.70. The highest BCUT2D eigenvalue weighted by molar-refractivity contribution is 5.97. The van der Waals surface area contributed by atoms with Crippen LogP contribution in [-0.4, -0.2) is 25.2 Å². The number of anilines is 1. The van der Waals surface area contributed by atoms with Crippen molar-refractivity contribution in [3.05, 3.63) is 23.3 Å². The first kappa shape index (κ1) is 19.8. The Labute approximate surface area is 152 Å². The maximum Gasteiger partial charge on any atom is 0.256 e. The van der Waals surface area contributed by atoms with E-state index < -0.39 is 5.60 Å². The number of methoxy groups -OCH3 is 1. The van der Waals surface area contributed by atoms with Gasteiger partial charge in [0.15, 0.2) is 0 Å². The van der Waals surface area contributed by atoms with Gasteiger partial charge in [0.05, 0.1) is 6.61 Å². The van der Waals surface area contributed by atoms with E-state index in [-0.39, 0.29) is 5.91 Å². The molecule has 0 heterocycles. The standard InChI is InChI=1S/C21H33NO3/c1-6-7-11-25-19-16(3)12-18(13-17(19)4)22-20(23)21(24-5)10-8-9-15(2)14-21/h12-13,15H,6-11,14H2,1-5H3,(H,22,23)/t15-,21-/m1/s1. The van der Waals surface area contributed by atoms with E-state index in [0.717, 1.165) is 61.3 Å². The predicted octanol–water partition coefficient (Wildman–Crippen LogP) is 5.02. The van der Waals surface area contributed by atoms with Gasteiger partial charge in [-0.2, -0.15) is 0 Å². The molecular formula is C21H33NO3. The summed E-state index contributed by atoms with van der Waals surface area (Å²) >= 11 is 0. The summed E-state index contributed by atoms with van der Waals surface area (Å²) in [5, 5.41) is 3.08. The van der Waals surface area contributed by atoms with Crippen molar-refractivity contribution < 1.29 is 14.3 Å². The summed E-state index contributed by atoms with van der Waals surface area (Å²) in [7, 11) is 1.65. The molecule has 0 saturated heterocycles. The van der Waals surface area contributed by atoms with Crippen LogP contribution in [-0.2, 0) is 9.53 Å². The van der Waals surface area contributed by atoms with Crippen LogP contribution in [0, 0.1) is 19.8 Å². The number of amides is 1. The SMILES string of the molecule is CCCCOc1c(C)cc(NC(=O)[C@@]2(OC)CCC[C@@H](C)C2)cc1C. The average Bonchev–Trinajstić information content (AvgIpc) is 2.57. The van der Waals surface area contributed by atoms with Gasteiger partial charge in [-0.25, -0.2) is 0 Å². The third kappa shape index (κ3) is 4.75. The Hall–Kier alpha value is -1.55. The van der Waals surface area contributed by atoms with E-state index in [1.54, 1.807) is 7.11 Å². The number of benzene rings is 1. The largest absolute Gasteiger partial charge is 0.493 e. The molecule has 0 bridgehead atoms. The zero-order valence-corrected chi connectivity index (χ0v) is 16.4. The topological polar surface area (TPSA) is 47.6 Å². The quantitative estimate of drug-likeness (QED) is 0.705. The summed E-state index contributed by atoms with van der Waals surface area (Å²) in [6.07, 6.45) is 5.93. The van der Waals surface area contributed by atoms with Gasteiger partial charge in [0.2, 0.25) is 0 Å². The second-order valence-corrected chi connectivity index (χ2v) is 7.50. The molecule has 0 radical (unpaired) electrons. The molecule has 1 aliphatic carbocycles. The van der Waals surface area contributed by atoms with Gasteiger partial charge in [-0.15, -0.1) is 0 Å². The van der Waals surface area contributed by atoms with Crippen molar-refractivity contribution in [3.8, 4) is 5.75 Å². The first-order chi connectivity index (χ1) is 11.9. The van der Waals surface area contributed by atoms with Crippen LogP contribution in [0.4, 0.5) is 5.69 Å². The average molecular weight is 347 g/mol. The van der Waals surface area contributed by atoms with E-state index in [2.05, 4.69) is 19.2 Å². The van der Waals surface area contributed by atoms with Crippen LogP contribution < -0.4 is 10.1 Å². The molecular weight excluding hydrogens is 314 g/mol. The number of rotatable bonds is 7. The molecule has 4 nitrogen and oxygen atoms in total. The molecule has 1 amide bonds. The number of nitrogens with one attached hydrogen (secondary N) is 1. The monoisotopic (exact) mass is 347 g/mol. The first-order valence-electron chi connectivity index (χ1n) is 9.52. The van der Waals surface area contributed by atoms with E-state index in [1.165, 1.54) is 6.42 Å². The fourth-order valence-electron chi connectivity index (χ4n) is 3.80. The van der Waals surface area contributed by atoms with Crippen LogP contribution in [0.25, 0.3) is 0 Å². The lowest BCUT2D eigenvalue weighted by Gasteiger charge is -2.37. The molecule has 140 valence electrons. The zero-order valence-electron chi connectivity index (χ0n) is 16.4. The smallest absolute Gasteiger partial charge is 0.256 e. The zero-order chi connectivity index (χ0) is 18.4. The molecule has 1 aromatic rings. The van der Waals surface area contributed by atoms with Gasteiger partial charge in [0, 0.05) is 12.8 Å². The van der Waals surface area contributed by atoms with Gasteiger partial charge < -0.3 is 14.8 Å². The van der Waals surface area contributed by atoms with E-state index in [0.29, 0.717) is 5.92 Å².